The van der Waals surface area contributed by atoms with Gasteiger partial charge in [-0.1, -0.05) is 18.2 Å². The summed E-state index contributed by atoms with van der Waals surface area (Å²) < 4.78 is 60.2. The van der Waals surface area contributed by atoms with Crippen molar-refractivity contribution in [3.05, 3.63) is 105 Å². The van der Waals surface area contributed by atoms with Crippen molar-refractivity contribution in [2.24, 2.45) is 11.3 Å². The molecule has 5 amide bonds. The zero-order chi connectivity index (χ0) is 41.8. The van der Waals surface area contributed by atoms with Crippen LogP contribution in [0.5, 0.6) is 0 Å². The number of carbonyl (C=O) groups excluding carboxylic acids is 5. The predicted molar refractivity (Wildman–Crippen MR) is 210 cm³/mol. The van der Waals surface area contributed by atoms with E-state index >= 15 is 8.78 Å². The van der Waals surface area contributed by atoms with Gasteiger partial charge in [0.25, 0.3) is 24.1 Å². The fraction of sp³-hybridized carbons (Fsp3) is 0.444. The van der Waals surface area contributed by atoms with E-state index in [2.05, 4.69) is 15.2 Å². The minimum absolute atomic E-state index is 0.0643. The van der Waals surface area contributed by atoms with Crippen LogP contribution in [0.15, 0.2) is 48.5 Å². The van der Waals surface area contributed by atoms with Gasteiger partial charge in [0.05, 0.1) is 23.7 Å². The van der Waals surface area contributed by atoms with Crippen molar-refractivity contribution >= 4 is 40.4 Å². The molecule has 3 aromatic carbocycles. The third-order valence-corrected chi connectivity index (χ3v) is 14.1. The van der Waals surface area contributed by atoms with E-state index in [0.717, 1.165) is 76.9 Å². The van der Waals surface area contributed by atoms with E-state index in [1.807, 2.05) is 24.3 Å². The maximum absolute atomic E-state index is 16.2. The van der Waals surface area contributed by atoms with Gasteiger partial charge >= 0.3 is 0 Å². The maximum Gasteiger partial charge on any atom is 0.262 e. The second kappa shape index (κ2) is 14.4. The lowest BCUT2D eigenvalue weighted by Crippen LogP contribution is -2.54. The topological polar surface area (TPSA) is 126 Å². The molecule has 3 atom stereocenters. The van der Waals surface area contributed by atoms with Gasteiger partial charge in [0.2, 0.25) is 11.8 Å². The molecule has 11 nitrogen and oxygen atoms in total. The highest BCUT2D eigenvalue weighted by Crippen LogP contribution is 2.53. The average molecular weight is 825 g/mol. The molecule has 60 heavy (non-hydrogen) atoms. The third kappa shape index (κ3) is 6.34. The van der Waals surface area contributed by atoms with Crippen molar-refractivity contribution in [3.63, 3.8) is 0 Å². The van der Waals surface area contributed by atoms with E-state index in [-0.39, 0.29) is 40.5 Å². The fourth-order valence-electron chi connectivity index (χ4n) is 11.2. The number of piperidine rings is 2. The zero-order valence-electron chi connectivity index (χ0n) is 33.0. The average Bonchev–Trinajstić information content (AvgIpc) is 3.84. The summed E-state index contributed by atoms with van der Waals surface area (Å²) in [5, 5.41) is 3.11. The molecule has 1 aromatic heterocycles. The Hall–Kier alpha value is -5.41. The Labute approximate surface area is 343 Å². The van der Waals surface area contributed by atoms with Crippen LogP contribution in [0.4, 0.5) is 17.6 Å². The molecule has 1 spiro atoms. The van der Waals surface area contributed by atoms with Crippen molar-refractivity contribution in [1.29, 1.82) is 0 Å². The highest BCUT2D eigenvalue weighted by molar-refractivity contribution is 6.23. The summed E-state index contributed by atoms with van der Waals surface area (Å²) in [6, 6.07) is 10.6. The number of alkyl halides is 2. The van der Waals surface area contributed by atoms with Crippen molar-refractivity contribution in [2.45, 2.75) is 89.5 Å². The second-order valence-electron chi connectivity index (χ2n) is 17.8. The molecule has 10 rings (SSSR count). The lowest BCUT2D eigenvalue weighted by Gasteiger charge is -2.53. The molecule has 0 bridgehead atoms. The van der Waals surface area contributed by atoms with E-state index in [1.165, 1.54) is 4.90 Å². The number of nitrogens with zero attached hydrogens (tertiary/aromatic N) is 4. The zero-order valence-corrected chi connectivity index (χ0v) is 33.0. The third-order valence-electron chi connectivity index (χ3n) is 14.1. The lowest BCUT2D eigenvalue weighted by atomic mass is 9.57. The highest BCUT2D eigenvalue weighted by atomic mass is 19.3. The number of para-hydroxylation sites is 1. The molecular weight excluding hydrogens is 781 g/mol. The van der Waals surface area contributed by atoms with E-state index in [4.69, 9.17) is 0 Å². The molecule has 3 fully saturated rings. The van der Waals surface area contributed by atoms with Crippen LogP contribution in [-0.4, -0.2) is 98.8 Å². The molecule has 15 heteroatoms. The van der Waals surface area contributed by atoms with Gasteiger partial charge in [0.1, 0.15) is 17.7 Å². The number of rotatable bonds is 7. The number of likely N-dealkylation sites (tertiary alicyclic amines) is 1. The molecule has 1 saturated carbocycles. The molecule has 1 aliphatic carbocycles. The van der Waals surface area contributed by atoms with Crippen LogP contribution in [0.1, 0.15) is 111 Å². The first kappa shape index (κ1) is 38.8. The monoisotopic (exact) mass is 824 g/mol. The van der Waals surface area contributed by atoms with Crippen LogP contribution in [0.25, 0.3) is 10.9 Å². The number of amides is 5. The van der Waals surface area contributed by atoms with Crippen LogP contribution < -0.4 is 5.32 Å². The van der Waals surface area contributed by atoms with Gasteiger partial charge in [-0.3, -0.25) is 44.0 Å². The molecule has 2 saturated heterocycles. The van der Waals surface area contributed by atoms with Gasteiger partial charge in [0, 0.05) is 72.9 Å². The molecule has 6 heterocycles. The van der Waals surface area contributed by atoms with Gasteiger partial charge in [-0.05, 0) is 104 Å². The van der Waals surface area contributed by atoms with Gasteiger partial charge in [-0.15, -0.1) is 0 Å². The second-order valence-corrected chi connectivity index (χ2v) is 17.8. The first-order valence-corrected chi connectivity index (χ1v) is 20.8. The number of aromatic amines is 1. The number of imide groups is 2. The van der Waals surface area contributed by atoms with Crippen LogP contribution in [-0.2, 0) is 29.1 Å². The minimum atomic E-state index is -2.72. The Morgan fingerprint density at radius 2 is 1.57 bits per heavy atom. The first-order valence-electron chi connectivity index (χ1n) is 20.8. The van der Waals surface area contributed by atoms with E-state index < -0.39 is 72.3 Å². The quantitative estimate of drug-likeness (QED) is 0.171. The lowest BCUT2D eigenvalue weighted by molar-refractivity contribution is -0.136. The number of H-pyrrole nitrogens is 1. The SMILES string of the molecule is C[C@@H]1Cc2c([nH]c3ccccc23)C(c2c(F)cc(C(=O)N3CCC4(CC3)CC(CN3Cc5cc6c(cc5C3)C(=O)N(C3CCC(=O)NC3=O)C6=O)C4)cc2F)N1CC(F)F. The summed E-state index contributed by atoms with van der Waals surface area (Å²) in [7, 11) is 0. The highest BCUT2D eigenvalue weighted by Gasteiger charge is 2.49. The van der Waals surface area contributed by atoms with Crippen molar-refractivity contribution in [3.8, 4) is 0 Å². The van der Waals surface area contributed by atoms with E-state index in [9.17, 15) is 32.8 Å². The summed E-state index contributed by atoms with van der Waals surface area (Å²) in [6.07, 6.45) is 1.40. The normalized spacial score (nSPS) is 24.3. The number of benzene rings is 3. The van der Waals surface area contributed by atoms with Crippen LogP contribution in [0.3, 0.4) is 0 Å². The molecule has 6 aliphatic rings. The van der Waals surface area contributed by atoms with Crippen molar-refractivity contribution in [1.82, 2.24) is 29.9 Å². The minimum Gasteiger partial charge on any atom is -0.357 e. The number of hydrogen-bond donors (Lipinski definition) is 2. The number of nitrogens with one attached hydrogen (secondary N) is 2. The number of halogens is 4. The molecule has 5 aliphatic heterocycles. The van der Waals surface area contributed by atoms with E-state index in [1.54, 1.807) is 24.0 Å². The maximum atomic E-state index is 16.2. The van der Waals surface area contributed by atoms with E-state index in [0.29, 0.717) is 44.2 Å². The molecule has 0 radical (unpaired) electrons. The molecule has 2 unspecified atom stereocenters. The van der Waals surface area contributed by atoms with Gasteiger partial charge in [-0.2, -0.15) is 0 Å². The number of hydrogen-bond acceptors (Lipinski definition) is 7. The first-order chi connectivity index (χ1) is 28.8. The standard InChI is InChI=1S/C45H44F4N6O5/c1-23-12-29-28-4-2-3-5-34(28)50-39(29)40(54(23)22-36(48)49)38-32(46)15-25(16-33(38)47)42(58)53-10-8-45(9-11-53)17-24(18-45)19-52-20-26-13-30-31(14-27(26)21-52)44(60)55(43(30)59)35-6-7-37(56)51-41(35)57/h2-5,13-16,23-24,35-36,40,50H,6-12,17-22H2,1H3,(H,51,56,57)/t23-,35?,40?/m1/s1. The summed E-state index contributed by atoms with van der Waals surface area (Å²) in [4.78, 5) is 74.1. The predicted octanol–water partition coefficient (Wildman–Crippen LogP) is 6.10. The molecule has 4 aromatic rings. The Morgan fingerprint density at radius 3 is 2.20 bits per heavy atom. The van der Waals surface area contributed by atoms with Gasteiger partial charge in [0.15, 0.2) is 0 Å². The summed E-state index contributed by atoms with van der Waals surface area (Å²) >= 11 is 0. The summed E-state index contributed by atoms with van der Waals surface area (Å²) in [6.45, 7) is 4.13. The van der Waals surface area contributed by atoms with Crippen LogP contribution in [0, 0.1) is 23.0 Å². The Morgan fingerprint density at radius 1 is 0.917 bits per heavy atom. The van der Waals surface area contributed by atoms with Gasteiger partial charge < -0.3 is 9.88 Å². The number of fused-ring (bicyclic) bond motifs is 5. The summed E-state index contributed by atoms with van der Waals surface area (Å²) in [5.41, 5.74) is 4.23. The Balaban J connectivity index is 0.768. The largest absolute Gasteiger partial charge is 0.357 e. The van der Waals surface area contributed by atoms with Crippen LogP contribution in [0.2, 0.25) is 0 Å². The van der Waals surface area contributed by atoms with Gasteiger partial charge in [-0.25, -0.2) is 17.6 Å². The number of carbonyl (C=O) groups is 5. The van der Waals surface area contributed by atoms with Crippen molar-refractivity contribution in [2.75, 3.05) is 26.2 Å². The smallest absolute Gasteiger partial charge is 0.262 e. The number of aromatic nitrogens is 1. The summed E-state index contributed by atoms with van der Waals surface area (Å²) in [5.74, 6) is -4.00. The Bertz CT molecular complexity index is 2440. The van der Waals surface area contributed by atoms with Crippen LogP contribution >= 0.6 is 0 Å². The Kier molecular flexibility index (Phi) is 9.28. The molecule has 312 valence electrons. The van der Waals surface area contributed by atoms with Crippen molar-refractivity contribution < 1.29 is 41.5 Å². The molecule has 2 N–H and O–H groups in total. The fourth-order valence-corrected chi connectivity index (χ4v) is 11.2. The molecular formula is C45H44F4N6O5.